The van der Waals surface area contributed by atoms with Gasteiger partial charge in [0, 0.05) is 29.0 Å². The summed E-state index contributed by atoms with van der Waals surface area (Å²) in [4.78, 5) is 4.38. The Labute approximate surface area is 117 Å². The van der Waals surface area contributed by atoms with E-state index in [2.05, 4.69) is 29.4 Å². The van der Waals surface area contributed by atoms with Crippen LogP contribution in [0.15, 0.2) is 48.7 Å². The Bertz CT molecular complexity index is 781. The minimum Gasteiger partial charge on any atom is -0.508 e. The van der Waals surface area contributed by atoms with E-state index < -0.39 is 0 Å². The number of nitrogens with one attached hydrogen (secondary N) is 1. The van der Waals surface area contributed by atoms with Crippen molar-refractivity contribution in [1.29, 1.82) is 0 Å². The van der Waals surface area contributed by atoms with Crippen LogP contribution in [-0.4, -0.2) is 10.1 Å². The second-order valence-corrected chi connectivity index (χ2v) is 5.00. The summed E-state index contributed by atoms with van der Waals surface area (Å²) in [6.07, 6.45) is 1.79. The minimum atomic E-state index is 0.257. The van der Waals surface area contributed by atoms with Gasteiger partial charge in [-0.05, 0) is 43.7 Å². The monoisotopic (exact) mass is 264 g/mol. The summed E-state index contributed by atoms with van der Waals surface area (Å²) in [6, 6.07) is 13.5. The number of benzene rings is 2. The van der Waals surface area contributed by atoms with E-state index >= 15 is 0 Å². The van der Waals surface area contributed by atoms with Crippen LogP contribution in [-0.2, 0) is 0 Å². The van der Waals surface area contributed by atoms with Gasteiger partial charge in [0.05, 0.1) is 5.52 Å². The van der Waals surface area contributed by atoms with E-state index in [1.165, 1.54) is 5.56 Å². The minimum absolute atomic E-state index is 0.257. The predicted molar refractivity (Wildman–Crippen MR) is 82.6 cm³/mol. The number of aromatic hydroxyl groups is 1. The lowest BCUT2D eigenvalue weighted by Crippen LogP contribution is -1.95. The molecule has 2 N–H and O–H groups in total. The Morgan fingerprint density at radius 2 is 1.80 bits per heavy atom. The van der Waals surface area contributed by atoms with E-state index in [9.17, 15) is 5.11 Å². The molecule has 0 spiro atoms. The molecule has 20 heavy (non-hydrogen) atoms. The SMILES string of the molecule is Cc1ccc2nccc(Nc3cc(O)ccc3C)c2c1. The fourth-order valence-corrected chi connectivity index (χ4v) is 2.26. The highest BCUT2D eigenvalue weighted by Crippen LogP contribution is 2.29. The predicted octanol–water partition coefficient (Wildman–Crippen LogP) is 4.30. The standard InChI is InChI=1S/C17H16N2O/c1-11-3-6-15-14(9-11)16(7-8-18-15)19-17-10-13(20)5-4-12(17)2/h3-10,20H,1-2H3,(H,18,19). The highest BCUT2D eigenvalue weighted by molar-refractivity contribution is 5.93. The smallest absolute Gasteiger partial charge is 0.117 e. The Morgan fingerprint density at radius 1 is 0.950 bits per heavy atom. The molecule has 1 heterocycles. The molecule has 100 valence electrons. The lowest BCUT2D eigenvalue weighted by Gasteiger charge is -2.12. The van der Waals surface area contributed by atoms with Crippen molar-refractivity contribution in [3.05, 3.63) is 59.8 Å². The molecule has 0 unspecified atom stereocenters. The summed E-state index contributed by atoms with van der Waals surface area (Å²) in [5.74, 6) is 0.257. The number of aryl methyl sites for hydroxylation is 2. The fraction of sp³-hybridized carbons (Fsp3) is 0.118. The van der Waals surface area contributed by atoms with E-state index in [1.54, 1.807) is 18.3 Å². The Morgan fingerprint density at radius 3 is 2.65 bits per heavy atom. The van der Waals surface area contributed by atoms with Crippen LogP contribution in [0.2, 0.25) is 0 Å². The third-order valence-corrected chi connectivity index (χ3v) is 3.39. The highest BCUT2D eigenvalue weighted by Gasteiger charge is 2.05. The number of rotatable bonds is 2. The van der Waals surface area contributed by atoms with Crippen molar-refractivity contribution in [2.45, 2.75) is 13.8 Å². The molecule has 3 heteroatoms. The number of hydrogen-bond acceptors (Lipinski definition) is 3. The van der Waals surface area contributed by atoms with Crippen LogP contribution in [0, 0.1) is 13.8 Å². The van der Waals surface area contributed by atoms with Gasteiger partial charge < -0.3 is 10.4 Å². The zero-order valence-corrected chi connectivity index (χ0v) is 11.5. The van der Waals surface area contributed by atoms with E-state index in [-0.39, 0.29) is 5.75 Å². The van der Waals surface area contributed by atoms with Crippen molar-refractivity contribution in [3.63, 3.8) is 0 Å². The molecular weight excluding hydrogens is 248 g/mol. The number of pyridine rings is 1. The zero-order valence-electron chi connectivity index (χ0n) is 11.5. The van der Waals surface area contributed by atoms with Gasteiger partial charge >= 0.3 is 0 Å². The van der Waals surface area contributed by atoms with Gasteiger partial charge in [-0.25, -0.2) is 0 Å². The van der Waals surface area contributed by atoms with Gasteiger partial charge in [0.15, 0.2) is 0 Å². The molecule has 2 aromatic carbocycles. The van der Waals surface area contributed by atoms with Gasteiger partial charge in [-0.15, -0.1) is 0 Å². The van der Waals surface area contributed by atoms with Crippen molar-refractivity contribution in [2.24, 2.45) is 0 Å². The molecule has 0 aliphatic heterocycles. The molecule has 0 aliphatic rings. The van der Waals surface area contributed by atoms with Crippen molar-refractivity contribution in [1.82, 2.24) is 4.98 Å². The first-order valence-electron chi connectivity index (χ1n) is 6.55. The average Bonchev–Trinajstić information content (AvgIpc) is 2.43. The third-order valence-electron chi connectivity index (χ3n) is 3.39. The Kier molecular flexibility index (Phi) is 3.03. The summed E-state index contributed by atoms with van der Waals surface area (Å²) in [6.45, 7) is 4.08. The molecule has 0 amide bonds. The largest absolute Gasteiger partial charge is 0.508 e. The molecular formula is C17H16N2O. The molecule has 3 rings (SSSR count). The number of fused-ring (bicyclic) bond motifs is 1. The van der Waals surface area contributed by atoms with E-state index in [0.717, 1.165) is 27.8 Å². The first-order chi connectivity index (χ1) is 9.63. The maximum atomic E-state index is 9.62. The number of aromatic nitrogens is 1. The zero-order chi connectivity index (χ0) is 14.1. The number of phenolic OH excluding ortho intramolecular Hbond substituents is 1. The summed E-state index contributed by atoms with van der Waals surface area (Å²) in [7, 11) is 0. The summed E-state index contributed by atoms with van der Waals surface area (Å²) < 4.78 is 0. The average molecular weight is 264 g/mol. The molecule has 0 aliphatic carbocycles. The van der Waals surface area contributed by atoms with Crippen LogP contribution in [0.3, 0.4) is 0 Å². The van der Waals surface area contributed by atoms with Crippen LogP contribution in [0.1, 0.15) is 11.1 Å². The first-order valence-corrected chi connectivity index (χ1v) is 6.55. The van der Waals surface area contributed by atoms with E-state index in [4.69, 9.17) is 0 Å². The van der Waals surface area contributed by atoms with Gasteiger partial charge in [-0.2, -0.15) is 0 Å². The topological polar surface area (TPSA) is 45.2 Å². The Balaban J connectivity index is 2.10. The van der Waals surface area contributed by atoms with Gasteiger partial charge in [-0.1, -0.05) is 17.7 Å². The summed E-state index contributed by atoms with van der Waals surface area (Å²) >= 11 is 0. The molecule has 3 aromatic rings. The molecule has 1 aromatic heterocycles. The normalized spacial score (nSPS) is 10.7. The number of anilines is 2. The molecule has 0 atom stereocenters. The molecule has 3 nitrogen and oxygen atoms in total. The maximum Gasteiger partial charge on any atom is 0.117 e. The molecule has 0 radical (unpaired) electrons. The number of nitrogens with zero attached hydrogens (tertiary/aromatic N) is 1. The quantitative estimate of drug-likeness (QED) is 0.725. The van der Waals surface area contributed by atoms with Crippen molar-refractivity contribution in [3.8, 4) is 5.75 Å². The highest BCUT2D eigenvalue weighted by atomic mass is 16.3. The molecule has 0 fully saturated rings. The van der Waals surface area contributed by atoms with Crippen molar-refractivity contribution < 1.29 is 5.11 Å². The van der Waals surface area contributed by atoms with Crippen LogP contribution in [0.5, 0.6) is 5.75 Å². The van der Waals surface area contributed by atoms with E-state index in [1.807, 2.05) is 25.1 Å². The van der Waals surface area contributed by atoms with Crippen LogP contribution in [0.25, 0.3) is 10.9 Å². The second-order valence-electron chi connectivity index (χ2n) is 5.00. The van der Waals surface area contributed by atoms with Gasteiger partial charge in [-0.3, -0.25) is 4.98 Å². The third kappa shape index (κ3) is 2.30. The van der Waals surface area contributed by atoms with Crippen molar-refractivity contribution >= 4 is 22.3 Å². The van der Waals surface area contributed by atoms with Crippen LogP contribution >= 0.6 is 0 Å². The number of hydrogen-bond donors (Lipinski definition) is 2. The lowest BCUT2D eigenvalue weighted by atomic mass is 10.1. The maximum absolute atomic E-state index is 9.62. The Hall–Kier alpha value is -2.55. The number of phenols is 1. The molecule has 0 saturated carbocycles. The summed E-state index contributed by atoms with van der Waals surface area (Å²) in [5, 5.41) is 14.1. The molecule has 0 saturated heterocycles. The van der Waals surface area contributed by atoms with Crippen LogP contribution < -0.4 is 5.32 Å². The van der Waals surface area contributed by atoms with E-state index in [0.29, 0.717) is 0 Å². The van der Waals surface area contributed by atoms with Gasteiger partial charge in [0.1, 0.15) is 5.75 Å². The van der Waals surface area contributed by atoms with Gasteiger partial charge in [0.25, 0.3) is 0 Å². The molecule has 0 bridgehead atoms. The van der Waals surface area contributed by atoms with Crippen LogP contribution in [0.4, 0.5) is 11.4 Å². The first kappa shape index (κ1) is 12.5. The fourth-order valence-electron chi connectivity index (χ4n) is 2.26. The lowest BCUT2D eigenvalue weighted by molar-refractivity contribution is 0.475. The summed E-state index contributed by atoms with van der Waals surface area (Å²) in [5.41, 5.74) is 5.13. The van der Waals surface area contributed by atoms with Gasteiger partial charge in [0.2, 0.25) is 0 Å². The van der Waals surface area contributed by atoms with Crippen molar-refractivity contribution in [2.75, 3.05) is 5.32 Å². The second kappa shape index (κ2) is 4.85.